The molecule has 0 atom stereocenters. The third-order valence-corrected chi connectivity index (χ3v) is 6.60. The highest BCUT2D eigenvalue weighted by Gasteiger charge is 2.14. The van der Waals surface area contributed by atoms with Crippen molar-refractivity contribution >= 4 is 17.7 Å². The van der Waals surface area contributed by atoms with Crippen LogP contribution in [-0.2, 0) is 18.8 Å². The molecule has 1 saturated heterocycles. The standard InChI is InChI=1S/C26H28N2OS/c29-26(22-14-12-21(13-15-22)20-30-25-10-2-1-3-11-25)27-18-23-8-4-5-9-24(23)19-28-16-6-7-17-28/h1-5,8-15H,6-7,16-20H2,(H,27,29). The van der Waals surface area contributed by atoms with E-state index in [2.05, 4.69) is 52.7 Å². The maximum Gasteiger partial charge on any atom is 0.251 e. The van der Waals surface area contributed by atoms with Crippen LogP contribution >= 0.6 is 11.8 Å². The van der Waals surface area contributed by atoms with Gasteiger partial charge in [0.05, 0.1) is 0 Å². The van der Waals surface area contributed by atoms with Crippen LogP contribution < -0.4 is 5.32 Å². The fourth-order valence-corrected chi connectivity index (χ4v) is 4.65. The minimum absolute atomic E-state index is 0.0201. The SMILES string of the molecule is O=C(NCc1ccccc1CN1CCCC1)c1ccc(CSc2ccccc2)cc1. The first-order valence-electron chi connectivity index (χ1n) is 10.6. The van der Waals surface area contributed by atoms with E-state index in [-0.39, 0.29) is 5.91 Å². The number of hydrogen-bond acceptors (Lipinski definition) is 3. The number of benzene rings is 3. The van der Waals surface area contributed by atoms with Crippen LogP contribution in [0.3, 0.4) is 0 Å². The first-order chi connectivity index (χ1) is 14.8. The predicted octanol–water partition coefficient (Wildman–Crippen LogP) is 5.50. The fraction of sp³-hybridized carbons (Fsp3) is 0.269. The van der Waals surface area contributed by atoms with Gasteiger partial charge in [-0.1, -0.05) is 54.6 Å². The minimum atomic E-state index is -0.0201. The summed E-state index contributed by atoms with van der Waals surface area (Å²) in [6, 6.07) is 26.8. The molecule has 0 aromatic heterocycles. The van der Waals surface area contributed by atoms with Gasteiger partial charge in [0.25, 0.3) is 5.91 Å². The molecule has 0 aliphatic carbocycles. The zero-order valence-corrected chi connectivity index (χ0v) is 18.0. The molecule has 1 amide bonds. The number of hydrogen-bond donors (Lipinski definition) is 1. The van der Waals surface area contributed by atoms with E-state index in [0.717, 1.165) is 12.3 Å². The van der Waals surface area contributed by atoms with Gasteiger partial charge in [-0.05, 0) is 66.9 Å². The van der Waals surface area contributed by atoms with Crippen molar-refractivity contribution in [1.29, 1.82) is 0 Å². The molecule has 4 rings (SSSR count). The predicted molar refractivity (Wildman–Crippen MR) is 125 cm³/mol. The number of nitrogens with zero attached hydrogens (tertiary/aromatic N) is 1. The highest BCUT2D eigenvalue weighted by atomic mass is 32.2. The third-order valence-electron chi connectivity index (χ3n) is 5.52. The Bertz CT molecular complexity index is 950. The van der Waals surface area contributed by atoms with Crippen LogP contribution in [0.1, 0.15) is 39.9 Å². The summed E-state index contributed by atoms with van der Waals surface area (Å²) in [5.41, 5.74) is 4.44. The summed E-state index contributed by atoms with van der Waals surface area (Å²) in [4.78, 5) is 16.4. The summed E-state index contributed by atoms with van der Waals surface area (Å²) in [5.74, 6) is 0.878. The summed E-state index contributed by atoms with van der Waals surface area (Å²) in [6.07, 6.45) is 2.58. The Kier molecular flexibility index (Phi) is 7.22. The zero-order chi connectivity index (χ0) is 20.6. The van der Waals surface area contributed by atoms with Crippen LogP contribution in [-0.4, -0.2) is 23.9 Å². The molecule has 1 aliphatic rings. The van der Waals surface area contributed by atoms with Crippen molar-refractivity contribution in [2.45, 2.75) is 36.6 Å². The maximum atomic E-state index is 12.6. The molecule has 4 heteroatoms. The van der Waals surface area contributed by atoms with E-state index in [1.807, 2.05) is 36.4 Å². The van der Waals surface area contributed by atoms with Crippen molar-refractivity contribution in [3.05, 3.63) is 101 Å². The van der Waals surface area contributed by atoms with Gasteiger partial charge >= 0.3 is 0 Å². The van der Waals surface area contributed by atoms with Crippen LogP contribution in [0, 0.1) is 0 Å². The van der Waals surface area contributed by atoms with E-state index >= 15 is 0 Å². The van der Waals surface area contributed by atoms with Gasteiger partial charge in [0.1, 0.15) is 0 Å². The first kappa shape index (κ1) is 20.7. The number of carbonyl (C=O) groups excluding carboxylic acids is 1. The summed E-state index contributed by atoms with van der Waals surface area (Å²) in [6.45, 7) is 3.89. The van der Waals surface area contributed by atoms with Crippen LogP contribution in [0.15, 0.2) is 83.8 Å². The van der Waals surface area contributed by atoms with E-state index in [1.54, 1.807) is 11.8 Å². The average molecular weight is 417 g/mol. The molecule has 154 valence electrons. The quantitative estimate of drug-likeness (QED) is 0.492. The van der Waals surface area contributed by atoms with Crippen molar-refractivity contribution < 1.29 is 4.79 Å². The summed E-state index contributed by atoms with van der Waals surface area (Å²) in [7, 11) is 0. The van der Waals surface area contributed by atoms with Crippen molar-refractivity contribution in [2.75, 3.05) is 13.1 Å². The van der Waals surface area contributed by atoms with Crippen molar-refractivity contribution in [3.63, 3.8) is 0 Å². The number of thioether (sulfide) groups is 1. The Morgan fingerprint density at radius 1 is 0.833 bits per heavy atom. The van der Waals surface area contributed by atoms with Gasteiger partial charge in [-0.2, -0.15) is 0 Å². The Hall–Kier alpha value is -2.56. The number of likely N-dealkylation sites (tertiary alicyclic amines) is 1. The van der Waals surface area contributed by atoms with E-state index in [0.29, 0.717) is 12.1 Å². The molecule has 3 nitrogen and oxygen atoms in total. The lowest BCUT2D eigenvalue weighted by atomic mass is 10.1. The topological polar surface area (TPSA) is 32.3 Å². The van der Waals surface area contributed by atoms with Crippen LogP contribution in [0.4, 0.5) is 0 Å². The van der Waals surface area contributed by atoms with Crippen LogP contribution in [0.5, 0.6) is 0 Å². The first-order valence-corrected chi connectivity index (χ1v) is 11.6. The molecule has 3 aromatic carbocycles. The largest absolute Gasteiger partial charge is 0.348 e. The van der Waals surface area contributed by atoms with Gasteiger partial charge < -0.3 is 5.32 Å². The second-order valence-corrected chi connectivity index (χ2v) is 8.78. The highest BCUT2D eigenvalue weighted by Crippen LogP contribution is 2.22. The number of carbonyl (C=O) groups is 1. The van der Waals surface area contributed by atoms with E-state index < -0.39 is 0 Å². The smallest absolute Gasteiger partial charge is 0.251 e. The lowest BCUT2D eigenvalue weighted by Gasteiger charge is -2.17. The second-order valence-electron chi connectivity index (χ2n) is 7.73. The maximum absolute atomic E-state index is 12.6. The lowest BCUT2D eigenvalue weighted by molar-refractivity contribution is 0.0950. The highest BCUT2D eigenvalue weighted by molar-refractivity contribution is 7.98. The van der Waals surface area contributed by atoms with Gasteiger partial charge in [0, 0.05) is 29.3 Å². The summed E-state index contributed by atoms with van der Waals surface area (Å²) >= 11 is 1.81. The molecule has 0 radical (unpaired) electrons. The molecule has 30 heavy (non-hydrogen) atoms. The molecule has 1 N–H and O–H groups in total. The number of nitrogens with one attached hydrogen (secondary N) is 1. The van der Waals surface area contributed by atoms with Crippen molar-refractivity contribution in [2.24, 2.45) is 0 Å². The average Bonchev–Trinajstić information content (AvgIpc) is 3.31. The summed E-state index contributed by atoms with van der Waals surface area (Å²) in [5, 5.41) is 3.10. The van der Waals surface area contributed by atoms with Gasteiger partial charge in [-0.3, -0.25) is 9.69 Å². The van der Waals surface area contributed by atoms with Gasteiger partial charge in [-0.15, -0.1) is 11.8 Å². The van der Waals surface area contributed by atoms with Crippen molar-refractivity contribution in [1.82, 2.24) is 10.2 Å². The molecular formula is C26H28N2OS. The minimum Gasteiger partial charge on any atom is -0.348 e. The van der Waals surface area contributed by atoms with Gasteiger partial charge in [0.2, 0.25) is 0 Å². The van der Waals surface area contributed by atoms with Crippen molar-refractivity contribution in [3.8, 4) is 0 Å². The Labute approximate surface area is 183 Å². The Morgan fingerprint density at radius 3 is 2.23 bits per heavy atom. The normalized spacial score (nSPS) is 14.0. The van der Waals surface area contributed by atoms with E-state index in [4.69, 9.17) is 0 Å². The fourth-order valence-electron chi connectivity index (χ4n) is 3.78. The van der Waals surface area contributed by atoms with E-state index in [1.165, 1.54) is 47.5 Å². The van der Waals surface area contributed by atoms with Crippen LogP contribution in [0.25, 0.3) is 0 Å². The molecule has 3 aromatic rings. The molecular weight excluding hydrogens is 388 g/mol. The molecule has 0 spiro atoms. The summed E-state index contributed by atoms with van der Waals surface area (Å²) < 4.78 is 0. The lowest BCUT2D eigenvalue weighted by Crippen LogP contribution is -2.25. The Morgan fingerprint density at radius 2 is 1.50 bits per heavy atom. The van der Waals surface area contributed by atoms with Gasteiger partial charge in [-0.25, -0.2) is 0 Å². The monoisotopic (exact) mass is 416 g/mol. The van der Waals surface area contributed by atoms with Gasteiger partial charge in [0.15, 0.2) is 0 Å². The molecule has 1 aliphatic heterocycles. The number of amides is 1. The Balaban J connectivity index is 1.31. The zero-order valence-electron chi connectivity index (χ0n) is 17.2. The van der Waals surface area contributed by atoms with Crippen LogP contribution in [0.2, 0.25) is 0 Å². The molecule has 1 fully saturated rings. The molecule has 0 saturated carbocycles. The molecule has 1 heterocycles. The second kappa shape index (κ2) is 10.5. The number of rotatable bonds is 8. The molecule has 0 bridgehead atoms. The molecule has 0 unspecified atom stereocenters. The third kappa shape index (κ3) is 5.74. The van der Waals surface area contributed by atoms with E-state index in [9.17, 15) is 4.79 Å².